The predicted molar refractivity (Wildman–Crippen MR) is 43.6 cm³/mol. The van der Waals surface area contributed by atoms with Crippen molar-refractivity contribution in [3.63, 3.8) is 0 Å². The molecule has 0 atom stereocenters. The highest BCUT2D eigenvalue weighted by Crippen LogP contribution is 2.05. The van der Waals surface area contributed by atoms with Crippen molar-refractivity contribution in [1.82, 2.24) is 9.97 Å². The number of thioether (sulfide) groups is 1. The first-order valence-electron chi connectivity index (χ1n) is 3.01. The van der Waals surface area contributed by atoms with Gasteiger partial charge in [0.2, 0.25) is 5.82 Å². The Labute approximate surface area is 71.8 Å². The summed E-state index contributed by atoms with van der Waals surface area (Å²) in [5.41, 5.74) is -0.421. The van der Waals surface area contributed by atoms with Crippen molar-refractivity contribution in [1.29, 1.82) is 0 Å². The van der Waals surface area contributed by atoms with E-state index in [0.29, 0.717) is 4.90 Å². The van der Waals surface area contributed by atoms with E-state index in [2.05, 4.69) is 9.97 Å². The van der Waals surface area contributed by atoms with E-state index in [1.54, 1.807) is 6.26 Å². The molecular formula is C6H6N2O3S. The van der Waals surface area contributed by atoms with Gasteiger partial charge in [-0.15, -0.1) is 11.8 Å². The molecule has 6 heteroatoms. The summed E-state index contributed by atoms with van der Waals surface area (Å²) in [6, 6.07) is 0. The second kappa shape index (κ2) is 3.40. The maximum atomic E-state index is 11.0. The summed E-state index contributed by atoms with van der Waals surface area (Å²) in [7, 11) is 0. The summed E-state index contributed by atoms with van der Waals surface area (Å²) in [5.74, 6) is -1.57. The third-order valence-corrected chi connectivity index (χ3v) is 1.92. The molecule has 0 amide bonds. The summed E-state index contributed by atoms with van der Waals surface area (Å²) in [5, 5.41) is 8.43. The van der Waals surface area contributed by atoms with Crippen molar-refractivity contribution in [2.75, 3.05) is 6.26 Å². The van der Waals surface area contributed by atoms with E-state index in [1.807, 2.05) is 0 Å². The van der Waals surface area contributed by atoms with Crippen LogP contribution in [0.5, 0.6) is 0 Å². The number of rotatable bonds is 2. The van der Waals surface area contributed by atoms with E-state index >= 15 is 0 Å². The van der Waals surface area contributed by atoms with Gasteiger partial charge in [-0.05, 0) is 6.26 Å². The largest absolute Gasteiger partial charge is 0.475 e. The highest BCUT2D eigenvalue weighted by Gasteiger charge is 2.06. The van der Waals surface area contributed by atoms with Crippen LogP contribution in [0.4, 0.5) is 0 Å². The molecule has 1 aromatic rings. The number of hydrogen-bond donors (Lipinski definition) is 2. The number of carboxylic acids is 1. The predicted octanol–water partition coefficient (Wildman–Crippen LogP) is 0.190. The van der Waals surface area contributed by atoms with Crippen LogP contribution in [0.2, 0.25) is 0 Å². The Morgan fingerprint density at radius 1 is 1.75 bits per heavy atom. The first kappa shape index (κ1) is 8.79. The molecule has 0 fully saturated rings. The third kappa shape index (κ3) is 1.65. The number of nitrogens with one attached hydrogen (secondary N) is 1. The highest BCUT2D eigenvalue weighted by molar-refractivity contribution is 7.98. The molecule has 12 heavy (non-hydrogen) atoms. The lowest BCUT2D eigenvalue weighted by Crippen LogP contribution is -2.15. The Morgan fingerprint density at radius 3 is 2.83 bits per heavy atom. The lowest BCUT2D eigenvalue weighted by atomic mass is 10.5. The maximum absolute atomic E-state index is 11.0. The van der Waals surface area contributed by atoms with Crippen molar-refractivity contribution >= 4 is 17.7 Å². The topological polar surface area (TPSA) is 83.0 Å². The molecule has 0 radical (unpaired) electrons. The van der Waals surface area contributed by atoms with Gasteiger partial charge in [0.05, 0.1) is 4.90 Å². The molecule has 64 valence electrons. The summed E-state index contributed by atoms with van der Waals surface area (Å²) in [4.78, 5) is 27.4. The molecular weight excluding hydrogens is 180 g/mol. The Balaban J connectivity index is 3.19. The molecule has 0 saturated carbocycles. The molecule has 0 aromatic carbocycles. The van der Waals surface area contributed by atoms with Crippen LogP contribution in [-0.4, -0.2) is 27.3 Å². The van der Waals surface area contributed by atoms with Crippen LogP contribution in [0.15, 0.2) is 15.9 Å². The number of aromatic nitrogens is 2. The van der Waals surface area contributed by atoms with E-state index in [9.17, 15) is 9.59 Å². The number of nitrogens with zero attached hydrogens (tertiary/aromatic N) is 1. The van der Waals surface area contributed by atoms with Crippen LogP contribution in [0.1, 0.15) is 10.6 Å². The maximum Gasteiger partial charge on any atom is 0.372 e. The molecule has 5 nitrogen and oxygen atoms in total. The molecule has 0 aliphatic heterocycles. The summed E-state index contributed by atoms with van der Waals surface area (Å²) >= 11 is 1.22. The Kier molecular flexibility index (Phi) is 2.49. The zero-order valence-corrected chi connectivity index (χ0v) is 7.01. The first-order chi connectivity index (χ1) is 5.65. The van der Waals surface area contributed by atoms with Crippen molar-refractivity contribution in [2.45, 2.75) is 4.90 Å². The SMILES string of the molecule is CSc1cnc(C(=O)O)[nH]c1=O. The molecule has 1 aromatic heterocycles. The number of hydrogen-bond acceptors (Lipinski definition) is 4. The minimum atomic E-state index is -1.24. The molecule has 2 N–H and O–H groups in total. The van der Waals surface area contributed by atoms with Crippen LogP contribution in [0.3, 0.4) is 0 Å². The fourth-order valence-corrected chi connectivity index (χ4v) is 1.03. The van der Waals surface area contributed by atoms with Gasteiger partial charge in [0.25, 0.3) is 5.56 Å². The normalized spacial score (nSPS) is 9.75. The molecule has 0 aliphatic rings. The first-order valence-corrected chi connectivity index (χ1v) is 4.24. The Morgan fingerprint density at radius 2 is 2.42 bits per heavy atom. The smallest absolute Gasteiger partial charge is 0.372 e. The van der Waals surface area contributed by atoms with Crippen LogP contribution < -0.4 is 5.56 Å². The molecule has 0 bridgehead atoms. The van der Waals surface area contributed by atoms with E-state index < -0.39 is 11.5 Å². The second-order valence-corrected chi connectivity index (χ2v) is 2.78. The summed E-state index contributed by atoms with van der Waals surface area (Å²) in [6.45, 7) is 0. The van der Waals surface area contributed by atoms with Crippen molar-refractivity contribution in [2.24, 2.45) is 0 Å². The van der Waals surface area contributed by atoms with Gasteiger partial charge in [0.15, 0.2) is 0 Å². The fourth-order valence-electron chi connectivity index (χ4n) is 0.637. The average Bonchev–Trinajstić information content (AvgIpc) is 2.04. The zero-order valence-electron chi connectivity index (χ0n) is 6.20. The quantitative estimate of drug-likeness (QED) is 0.644. The van der Waals surface area contributed by atoms with Crippen molar-refractivity contribution in [3.05, 3.63) is 22.4 Å². The average molecular weight is 186 g/mol. The van der Waals surface area contributed by atoms with Crippen molar-refractivity contribution < 1.29 is 9.90 Å². The second-order valence-electron chi connectivity index (χ2n) is 1.93. The fraction of sp³-hybridized carbons (Fsp3) is 0.167. The Bertz CT molecular complexity index is 360. The molecule has 1 rings (SSSR count). The van der Waals surface area contributed by atoms with Crippen LogP contribution in [0.25, 0.3) is 0 Å². The minimum absolute atomic E-state index is 0.335. The molecule has 1 heterocycles. The lowest BCUT2D eigenvalue weighted by Gasteiger charge is -1.94. The van der Waals surface area contributed by atoms with Gasteiger partial charge < -0.3 is 5.11 Å². The van der Waals surface area contributed by atoms with Crippen LogP contribution in [-0.2, 0) is 0 Å². The lowest BCUT2D eigenvalue weighted by molar-refractivity contribution is 0.0683. The van der Waals surface area contributed by atoms with Gasteiger partial charge in [-0.1, -0.05) is 0 Å². The highest BCUT2D eigenvalue weighted by atomic mass is 32.2. The number of H-pyrrole nitrogens is 1. The zero-order chi connectivity index (χ0) is 9.14. The number of carbonyl (C=O) groups is 1. The number of aromatic carboxylic acids is 1. The molecule has 0 unspecified atom stereocenters. The van der Waals surface area contributed by atoms with E-state index in [0.717, 1.165) is 0 Å². The van der Waals surface area contributed by atoms with Gasteiger partial charge in [-0.2, -0.15) is 0 Å². The van der Waals surface area contributed by atoms with E-state index in [4.69, 9.17) is 5.11 Å². The number of carboxylic acid groups (broad SMARTS) is 1. The van der Waals surface area contributed by atoms with Crippen molar-refractivity contribution in [3.8, 4) is 0 Å². The molecule has 0 aliphatic carbocycles. The van der Waals surface area contributed by atoms with Gasteiger partial charge in [0, 0.05) is 6.20 Å². The summed E-state index contributed by atoms with van der Waals surface area (Å²) < 4.78 is 0. The van der Waals surface area contributed by atoms with E-state index in [-0.39, 0.29) is 5.82 Å². The third-order valence-electron chi connectivity index (χ3n) is 1.19. The molecule has 0 saturated heterocycles. The van der Waals surface area contributed by atoms with Crippen LogP contribution >= 0.6 is 11.8 Å². The molecule has 0 spiro atoms. The van der Waals surface area contributed by atoms with Gasteiger partial charge in [-0.25, -0.2) is 9.78 Å². The summed E-state index contributed by atoms with van der Waals surface area (Å²) in [6.07, 6.45) is 2.96. The van der Waals surface area contributed by atoms with E-state index in [1.165, 1.54) is 18.0 Å². The minimum Gasteiger partial charge on any atom is -0.475 e. The van der Waals surface area contributed by atoms with Crippen LogP contribution in [0, 0.1) is 0 Å². The monoisotopic (exact) mass is 186 g/mol. The number of aromatic amines is 1. The van der Waals surface area contributed by atoms with Gasteiger partial charge in [-0.3, -0.25) is 9.78 Å². The Hall–Kier alpha value is -1.30. The van der Waals surface area contributed by atoms with Gasteiger partial charge >= 0.3 is 5.97 Å². The van der Waals surface area contributed by atoms with Gasteiger partial charge in [0.1, 0.15) is 0 Å². The standard InChI is InChI=1S/C6H6N2O3S/c1-12-3-2-7-4(6(10)11)8-5(3)9/h2H,1H3,(H,10,11)(H,7,8,9).